The number of rotatable bonds is 10. The van der Waals surface area contributed by atoms with Crippen LogP contribution in [-0.4, -0.2) is 41.4 Å². The highest BCUT2D eigenvalue weighted by Gasteiger charge is 2.21. The van der Waals surface area contributed by atoms with Crippen molar-refractivity contribution < 1.29 is 14.2 Å². The third-order valence-corrected chi connectivity index (χ3v) is 4.42. The Labute approximate surface area is 95.3 Å². The molecule has 3 nitrogen and oxygen atoms in total. The predicted molar refractivity (Wildman–Crippen MR) is 64.0 cm³/mol. The Morgan fingerprint density at radius 3 is 2.47 bits per heavy atom. The van der Waals surface area contributed by atoms with Crippen molar-refractivity contribution in [3.8, 4) is 0 Å². The molecule has 0 aromatic rings. The summed E-state index contributed by atoms with van der Waals surface area (Å²) >= 11 is 0. The summed E-state index contributed by atoms with van der Waals surface area (Å²) in [5, 5.41) is 0. The second kappa shape index (κ2) is 8.27. The second-order valence-electron chi connectivity index (χ2n) is 3.93. The highest BCUT2D eigenvalue weighted by atomic mass is 28.2. The first kappa shape index (κ1) is 13.2. The van der Waals surface area contributed by atoms with Gasteiger partial charge in [0.2, 0.25) is 0 Å². The van der Waals surface area contributed by atoms with Gasteiger partial charge in [-0.2, -0.15) is 0 Å². The molecule has 0 N–H and O–H groups in total. The molecule has 0 aromatic heterocycles. The quantitative estimate of drug-likeness (QED) is 0.247. The smallest absolute Gasteiger partial charge is 0.134 e. The molecular formula is C11H24O3Si. The van der Waals surface area contributed by atoms with Gasteiger partial charge >= 0.3 is 0 Å². The Morgan fingerprint density at radius 1 is 1.27 bits per heavy atom. The summed E-state index contributed by atoms with van der Waals surface area (Å²) < 4.78 is 16.2. The normalized spacial score (nSPS) is 20.6. The Kier molecular flexibility index (Phi) is 7.26. The zero-order valence-electron chi connectivity index (χ0n) is 10.0. The third kappa shape index (κ3) is 7.06. The van der Waals surface area contributed by atoms with Gasteiger partial charge in [-0.3, -0.25) is 0 Å². The molecule has 1 heterocycles. The van der Waals surface area contributed by atoms with Gasteiger partial charge in [0.25, 0.3) is 0 Å². The van der Waals surface area contributed by atoms with Crippen molar-refractivity contribution in [3.63, 3.8) is 0 Å². The highest BCUT2D eigenvalue weighted by Crippen LogP contribution is 2.17. The standard InChI is InChI=1S/C11H24O3Si/c1-3-12-11(13-4-2)15-8-6-5-7-10-9-14-10/h10-11H,3-9,15H2,1-2H3. The van der Waals surface area contributed by atoms with E-state index in [1.807, 2.05) is 13.8 Å². The van der Waals surface area contributed by atoms with E-state index in [0.717, 1.165) is 19.8 Å². The molecule has 1 aliphatic rings. The lowest BCUT2D eigenvalue weighted by Gasteiger charge is -2.16. The predicted octanol–water partition coefficient (Wildman–Crippen LogP) is 1.50. The van der Waals surface area contributed by atoms with E-state index in [1.165, 1.54) is 25.3 Å². The fourth-order valence-corrected chi connectivity index (χ4v) is 3.46. The summed E-state index contributed by atoms with van der Waals surface area (Å²) in [6.45, 7) is 6.61. The van der Waals surface area contributed by atoms with Crippen LogP contribution in [0.25, 0.3) is 0 Å². The fourth-order valence-electron chi connectivity index (χ4n) is 1.68. The summed E-state index contributed by atoms with van der Waals surface area (Å²) in [6, 6.07) is 1.33. The number of hydrogen-bond acceptors (Lipinski definition) is 3. The van der Waals surface area contributed by atoms with E-state index in [-0.39, 0.29) is 15.4 Å². The molecule has 15 heavy (non-hydrogen) atoms. The lowest BCUT2D eigenvalue weighted by atomic mass is 10.2. The van der Waals surface area contributed by atoms with Crippen molar-refractivity contribution >= 4 is 9.52 Å². The molecular weight excluding hydrogens is 208 g/mol. The second-order valence-corrected chi connectivity index (χ2v) is 5.88. The van der Waals surface area contributed by atoms with Crippen molar-refractivity contribution in [1.29, 1.82) is 0 Å². The highest BCUT2D eigenvalue weighted by molar-refractivity contribution is 6.36. The largest absolute Gasteiger partial charge is 0.373 e. The molecule has 1 fully saturated rings. The maximum Gasteiger partial charge on any atom is 0.134 e. The molecule has 0 radical (unpaired) electrons. The van der Waals surface area contributed by atoms with Gasteiger partial charge in [-0.25, -0.2) is 0 Å². The molecule has 90 valence electrons. The molecule has 1 rings (SSSR count). The maximum absolute atomic E-state index is 5.54. The van der Waals surface area contributed by atoms with Crippen LogP contribution in [0, 0.1) is 0 Å². The van der Waals surface area contributed by atoms with Gasteiger partial charge in [-0.1, -0.05) is 18.9 Å². The molecule has 0 spiro atoms. The fraction of sp³-hybridized carbons (Fsp3) is 1.00. The van der Waals surface area contributed by atoms with Gasteiger partial charge in [0.1, 0.15) is 5.91 Å². The van der Waals surface area contributed by atoms with Crippen molar-refractivity contribution in [2.75, 3.05) is 19.8 Å². The summed E-state index contributed by atoms with van der Waals surface area (Å²) in [4.78, 5) is 0. The number of unbranched alkanes of at least 4 members (excludes halogenated alkanes) is 1. The Morgan fingerprint density at radius 2 is 1.93 bits per heavy atom. The maximum atomic E-state index is 5.54. The first-order valence-electron chi connectivity index (χ1n) is 6.21. The van der Waals surface area contributed by atoms with Gasteiger partial charge < -0.3 is 14.2 Å². The van der Waals surface area contributed by atoms with Crippen LogP contribution in [0.4, 0.5) is 0 Å². The van der Waals surface area contributed by atoms with E-state index in [4.69, 9.17) is 14.2 Å². The number of hydrogen-bond donors (Lipinski definition) is 0. The van der Waals surface area contributed by atoms with Gasteiger partial charge in [-0.05, 0) is 20.3 Å². The lowest BCUT2D eigenvalue weighted by molar-refractivity contribution is -0.0827. The van der Waals surface area contributed by atoms with Crippen LogP contribution in [0.15, 0.2) is 0 Å². The molecule has 1 saturated heterocycles. The summed E-state index contributed by atoms with van der Waals surface area (Å²) in [5.74, 6) is 0.150. The van der Waals surface area contributed by atoms with E-state index >= 15 is 0 Å². The zero-order chi connectivity index (χ0) is 10.9. The average molecular weight is 232 g/mol. The van der Waals surface area contributed by atoms with E-state index in [0.29, 0.717) is 6.10 Å². The summed E-state index contributed by atoms with van der Waals surface area (Å²) in [7, 11) is -0.206. The van der Waals surface area contributed by atoms with Crippen molar-refractivity contribution in [1.82, 2.24) is 0 Å². The molecule has 4 heteroatoms. The molecule has 0 saturated carbocycles. The molecule has 0 aromatic carbocycles. The van der Waals surface area contributed by atoms with E-state index in [2.05, 4.69) is 0 Å². The molecule has 1 aliphatic heterocycles. The van der Waals surface area contributed by atoms with Crippen LogP contribution in [0.1, 0.15) is 33.1 Å². The van der Waals surface area contributed by atoms with Crippen LogP contribution >= 0.6 is 0 Å². The van der Waals surface area contributed by atoms with Crippen LogP contribution in [0.2, 0.25) is 6.04 Å². The van der Waals surface area contributed by atoms with Crippen LogP contribution < -0.4 is 0 Å². The van der Waals surface area contributed by atoms with Crippen LogP contribution in [0.3, 0.4) is 0 Å². The van der Waals surface area contributed by atoms with Crippen LogP contribution in [0.5, 0.6) is 0 Å². The molecule has 0 amide bonds. The first-order chi connectivity index (χ1) is 7.36. The SMILES string of the molecule is CCOC(OCC)[SiH2]CCCCC1CO1. The van der Waals surface area contributed by atoms with E-state index in [1.54, 1.807) is 0 Å². The average Bonchev–Trinajstić information content (AvgIpc) is 3.02. The van der Waals surface area contributed by atoms with Crippen molar-refractivity contribution in [2.45, 2.75) is 51.2 Å². The minimum atomic E-state index is -0.206. The topological polar surface area (TPSA) is 31.0 Å². The van der Waals surface area contributed by atoms with Crippen molar-refractivity contribution in [3.05, 3.63) is 0 Å². The van der Waals surface area contributed by atoms with Crippen LogP contribution in [-0.2, 0) is 14.2 Å². The molecule has 1 unspecified atom stereocenters. The van der Waals surface area contributed by atoms with E-state index < -0.39 is 0 Å². The number of epoxide rings is 1. The zero-order valence-corrected chi connectivity index (χ0v) is 11.5. The minimum absolute atomic E-state index is 0.150. The molecule has 0 aliphatic carbocycles. The van der Waals surface area contributed by atoms with Gasteiger partial charge in [-0.15, -0.1) is 0 Å². The van der Waals surface area contributed by atoms with Crippen molar-refractivity contribution in [2.24, 2.45) is 0 Å². The first-order valence-corrected chi connectivity index (χ1v) is 8.03. The number of ether oxygens (including phenoxy) is 3. The monoisotopic (exact) mass is 232 g/mol. The summed E-state index contributed by atoms with van der Waals surface area (Å²) in [5.41, 5.74) is 0. The lowest BCUT2D eigenvalue weighted by Crippen LogP contribution is -2.24. The Hall–Kier alpha value is 0.0969. The minimum Gasteiger partial charge on any atom is -0.373 e. The van der Waals surface area contributed by atoms with Gasteiger partial charge in [0.05, 0.1) is 22.2 Å². The summed E-state index contributed by atoms with van der Waals surface area (Å²) in [6.07, 6.45) is 4.48. The van der Waals surface area contributed by atoms with E-state index in [9.17, 15) is 0 Å². The Balaban J connectivity index is 1.89. The van der Waals surface area contributed by atoms with Gasteiger partial charge in [0, 0.05) is 13.2 Å². The third-order valence-electron chi connectivity index (χ3n) is 2.57. The Bertz CT molecular complexity index is 145. The molecule has 1 atom stereocenters. The van der Waals surface area contributed by atoms with Gasteiger partial charge in [0.15, 0.2) is 0 Å². The molecule has 0 bridgehead atoms.